The van der Waals surface area contributed by atoms with E-state index >= 15 is 0 Å². The smallest absolute Gasteiger partial charge is 0.332 e. The van der Waals surface area contributed by atoms with Crippen molar-refractivity contribution in [2.45, 2.75) is 43.8 Å². The molecule has 0 aliphatic heterocycles. The van der Waals surface area contributed by atoms with Gasteiger partial charge in [-0.25, -0.2) is 19.2 Å². The number of imidazole rings is 1. The maximum Gasteiger partial charge on any atom is 0.332 e. The third kappa shape index (κ3) is 2.35. The minimum Gasteiger partial charge on any atom is -0.423 e. The third-order valence-corrected chi connectivity index (χ3v) is 5.60. The van der Waals surface area contributed by atoms with Crippen LogP contribution in [0.15, 0.2) is 39.8 Å². The lowest BCUT2D eigenvalue weighted by atomic mass is 9.86. The van der Waals surface area contributed by atoms with Gasteiger partial charge in [0.15, 0.2) is 16.9 Å². The molecule has 2 fully saturated rings. The Morgan fingerprint density at radius 3 is 2.50 bits per heavy atom. The van der Waals surface area contributed by atoms with Crippen molar-refractivity contribution in [3.8, 4) is 0 Å². The molecule has 0 unspecified atom stereocenters. The molecule has 3 aromatic heterocycles. The van der Waals surface area contributed by atoms with Crippen LogP contribution < -0.4 is 11.0 Å². The molecule has 4 aromatic rings. The summed E-state index contributed by atoms with van der Waals surface area (Å²) in [6.45, 7) is 0. The molecular weight excluding hydrogens is 363 g/mol. The van der Waals surface area contributed by atoms with E-state index in [-0.39, 0.29) is 29.6 Å². The number of aromatic nitrogens is 5. The average Bonchev–Trinajstić information content (AvgIpc) is 3.33. The number of hydrogen-bond donors (Lipinski definition) is 1. The van der Waals surface area contributed by atoms with Gasteiger partial charge in [-0.15, -0.1) is 0 Å². The zero-order valence-electron chi connectivity index (χ0n) is 14.9. The minimum absolute atomic E-state index is 0.0236. The Kier molecular flexibility index (Phi) is 3.18. The van der Waals surface area contributed by atoms with Crippen LogP contribution in [-0.4, -0.2) is 30.1 Å². The van der Waals surface area contributed by atoms with Gasteiger partial charge in [0, 0.05) is 36.6 Å². The highest BCUT2D eigenvalue weighted by atomic mass is 19.1. The largest absolute Gasteiger partial charge is 0.423 e. The van der Waals surface area contributed by atoms with E-state index in [0.717, 1.165) is 25.7 Å². The van der Waals surface area contributed by atoms with Crippen LogP contribution in [0.2, 0.25) is 0 Å². The van der Waals surface area contributed by atoms with Gasteiger partial charge in [0.1, 0.15) is 11.3 Å². The number of nitrogens with one attached hydrogen (secondary N) is 1. The highest BCUT2D eigenvalue weighted by Gasteiger charge is 2.37. The normalized spacial score (nSPS) is 21.9. The number of oxazole rings is 1. The van der Waals surface area contributed by atoms with Crippen molar-refractivity contribution in [1.29, 1.82) is 0 Å². The highest BCUT2D eigenvalue weighted by molar-refractivity contribution is 5.74. The molecule has 0 bridgehead atoms. The van der Waals surface area contributed by atoms with Crippen molar-refractivity contribution in [3.63, 3.8) is 0 Å². The van der Waals surface area contributed by atoms with Crippen molar-refractivity contribution in [1.82, 2.24) is 24.1 Å². The van der Waals surface area contributed by atoms with Crippen LogP contribution in [0.4, 0.5) is 10.4 Å². The van der Waals surface area contributed by atoms with Crippen LogP contribution in [-0.2, 0) is 0 Å². The zero-order chi connectivity index (χ0) is 18.8. The van der Waals surface area contributed by atoms with Crippen molar-refractivity contribution in [2.24, 2.45) is 0 Å². The Morgan fingerprint density at radius 2 is 1.79 bits per heavy atom. The van der Waals surface area contributed by atoms with E-state index in [1.807, 2.05) is 0 Å². The van der Waals surface area contributed by atoms with Crippen molar-refractivity contribution < 1.29 is 8.81 Å². The fraction of sp³-hybridized carbons (Fsp3) is 0.368. The molecule has 6 rings (SSSR count). The zero-order valence-corrected chi connectivity index (χ0v) is 14.9. The van der Waals surface area contributed by atoms with Crippen LogP contribution in [0, 0.1) is 5.82 Å². The van der Waals surface area contributed by atoms with Crippen LogP contribution in [0.3, 0.4) is 0 Å². The number of nitrogens with zero attached hydrogens (tertiary/aromatic N) is 5. The lowest BCUT2D eigenvalue weighted by Crippen LogP contribution is -2.41. The lowest BCUT2D eigenvalue weighted by molar-refractivity contribution is 0.276. The van der Waals surface area contributed by atoms with Gasteiger partial charge < -0.3 is 9.73 Å². The minimum atomic E-state index is -0.355. The molecule has 0 spiro atoms. The Hall–Kier alpha value is -3.23. The molecule has 0 atom stereocenters. The number of anilines is 1. The molecule has 142 valence electrons. The predicted molar refractivity (Wildman–Crippen MR) is 99.7 cm³/mol. The summed E-state index contributed by atoms with van der Waals surface area (Å²) < 4.78 is 22.4. The fourth-order valence-electron chi connectivity index (χ4n) is 4.00. The third-order valence-electron chi connectivity index (χ3n) is 5.60. The van der Waals surface area contributed by atoms with E-state index in [1.165, 1.54) is 12.1 Å². The molecule has 0 saturated heterocycles. The predicted octanol–water partition coefficient (Wildman–Crippen LogP) is 3.02. The molecule has 28 heavy (non-hydrogen) atoms. The van der Waals surface area contributed by atoms with Crippen LogP contribution >= 0.6 is 0 Å². The van der Waals surface area contributed by atoms with Crippen LogP contribution in [0.25, 0.3) is 22.4 Å². The number of benzene rings is 1. The molecule has 2 saturated carbocycles. The number of rotatable bonds is 4. The van der Waals surface area contributed by atoms with E-state index in [2.05, 4.69) is 20.3 Å². The van der Waals surface area contributed by atoms with Gasteiger partial charge in [0.2, 0.25) is 0 Å². The highest BCUT2D eigenvalue weighted by Crippen LogP contribution is 2.39. The molecule has 3 heterocycles. The summed E-state index contributed by atoms with van der Waals surface area (Å²) in [6, 6.07) is 5.09. The van der Waals surface area contributed by atoms with Gasteiger partial charge in [-0.1, -0.05) is 0 Å². The Bertz CT molecular complexity index is 1260. The standard InChI is InChI=1S/C19H17FN6O2/c20-10-1-4-14-15(7-10)28-18(24-14)23-11-8-13(9-11)26-17-16(21-5-6-22-17)25(19(26)27)12-2-3-12/h1,4-7,11-13H,2-3,8-9H2,(H,23,24). The van der Waals surface area contributed by atoms with Gasteiger partial charge >= 0.3 is 5.69 Å². The van der Waals surface area contributed by atoms with Gasteiger partial charge in [-0.3, -0.25) is 9.13 Å². The average molecular weight is 380 g/mol. The molecule has 2 aliphatic carbocycles. The molecule has 0 radical (unpaired) electrons. The topological polar surface area (TPSA) is 90.8 Å². The lowest BCUT2D eigenvalue weighted by Gasteiger charge is -2.35. The van der Waals surface area contributed by atoms with Crippen molar-refractivity contribution in [2.75, 3.05) is 5.32 Å². The first-order chi connectivity index (χ1) is 13.7. The molecular formula is C19H17FN6O2. The van der Waals surface area contributed by atoms with Crippen LogP contribution in [0.1, 0.15) is 37.8 Å². The Morgan fingerprint density at radius 1 is 1.07 bits per heavy atom. The second kappa shape index (κ2) is 5.63. The molecule has 2 aliphatic rings. The molecule has 9 heteroatoms. The molecule has 0 amide bonds. The molecule has 1 aromatic carbocycles. The summed E-state index contributed by atoms with van der Waals surface area (Å²) in [5.41, 5.74) is 2.33. The van der Waals surface area contributed by atoms with E-state index < -0.39 is 0 Å². The monoisotopic (exact) mass is 380 g/mol. The van der Waals surface area contributed by atoms with Gasteiger partial charge in [-0.05, 0) is 37.8 Å². The Labute approximate surface area is 158 Å². The first kappa shape index (κ1) is 15.8. The van der Waals surface area contributed by atoms with Gasteiger partial charge in [0.05, 0.1) is 0 Å². The summed E-state index contributed by atoms with van der Waals surface area (Å²) >= 11 is 0. The van der Waals surface area contributed by atoms with E-state index in [0.29, 0.717) is 28.4 Å². The quantitative estimate of drug-likeness (QED) is 0.585. The second-order valence-corrected chi connectivity index (χ2v) is 7.55. The summed E-state index contributed by atoms with van der Waals surface area (Å²) in [7, 11) is 0. The summed E-state index contributed by atoms with van der Waals surface area (Å²) in [4.78, 5) is 26.1. The maximum atomic E-state index is 13.3. The summed E-state index contributed by atoms with van der Waals surface area (Å²) in [6.07, 6.45) is 6.81. The van der Waals surface area contributed by atoms with Gasteiger partial charge in [0.25, 0.3) is 6.01 Å². The number of halogens is 1. The van der Waals surface area contributed by atoms with Gasteiger partial charge in [-0.2, -0.15) is 4.98 Å². The fourth-order valence-corrected chi connectivity index (χ4v) is 4.00. The van der Waals surface area contributed by atoms with Crippen LogP contribution in [0.5, 0.6) is 0 Å². The summed E-state index contributed by atoms with van der Waals surface area (Å²) in [5, 5.41) is 3.24. The second-order valence-electron chi connectivity index (χ2n) is 7.55. The van der Waals surface area contributed by atoms with Crippen molar-refractivity contribution in [3.05, 3.63) is 46.9 Å². The Balaban J connectivity index is 1.25. The summed E-state index contributed by atoms with van der Waals surface area (Å²) in [5.74, 6) is -0.355. The van der Waals surface area contributed by atoms with E-state index in [1.54, 1.807) is 27.6 Å². The SMILES string of the molecule is O=c1n(C2CC2)c2nccnc2n1C1CC(Nc2nc3ccc(F)cc3o2)C1. The first-order valence-electron chi connectivity index (χ1n) is 9.43. The molecule has 1 N–H and O–H groups in total. The van der Waals surface area contributed by atoms with Crippen molar-refractivity contribution >= 4 is 28.4 Å². The first-order valence-corrected chi connectivity index (χ1v) is 9.43. The number of hydrogen-bond acceptors (Lipinski definition) is 6. The van der Waals surface area contributed by atoms with E-state index in [9.17, 15) is 9.18 Å². The molecule has 8 nitrogen and oxygen atoms in total. The maximum absolute atomic E-state index is 13.3. The van der Waals surface area contributed by atoms with E-state index in [4.69, 9.17) is 4.42 Å². The number of fused-ring (bicyclic) bond motifs is 2.